The van der Waals surface area contributed by atoms with Gasteiger partial charge in [0.1, 0.15) is 15.5 Å². The van der Waals surface area contributed by atoms with Crippen LogP contribution >= 0.6 is 0 Å². The van der Waals surface area contributed by atoms with Crippen molar-refractivity contribution in [2.24, 2.45) is 16.1 Å². The second-order valence-electron chi connectivity index (χ2n) is 9.60. The third-order valence-electron chi connectivity index (χ3n) is 6.46. The molecule has 8 N–H and O–H groups in total. The number of rotatable bonds is 12. The molecule has 262 valence electrons. The Hall–Kier alpha value is -5.02. The van der Waals surface area contributed by atoms with Crippen LogP contribution < -0.4 is 22.1 Å². The van der Waals surface area contributed by atoms with E-state index in [9.17, 15) is 48.7 Å². The Labute approximate surface area is 275 Å². The molecular formula is C24H24FN9O12S3. The van der Waals surface area contributed by atoms with E-state index in [0.717, 1.165) is 28.8 Å². The molecule has 2 aromatic heterocycles. The molecule has 0 atom stereocenters. The lowest BCUT2D eigenvalue weighted by Crippen LogP contribution is -2.22. The molecule has 4 rings (SSSR count). The molecule has 0 saturated heterocycles. The summed E-state index contributed by atoms with van der Waals surface area (Å²) in [7, 11) is -15.1. The highest BCUT2D eigenvalue weighted by molar-refractivity contribution is 7.87. The Morgan fingerprint density at radius 3 is 2.02 bits per heavy atom. The van der Waals surface area contributed by atoms with Crippen LogP contribution in [0.25, 0.3) is 0 Å². The predicted octanol–water partition coefficient (Wildman–Crippen LogP) is 2.24. The lowest BCUT2D eigenvalue weighted by molar-refractivity contribution is 0.120. The van der Waals surface area contributed by atoms with Crippen molar-refractivity contribution < 1.29 is 53.2 Å². The van der Waals surface area contributed by atoms with Gasteiger partial charge in [0.2, 0.25) is 11.9 Å². The number of aromatic hydroxyl groups is 1. The van der Waals surface area contributed by atoms with Gasteiger partial charge >= 0.3 is 6.08 Å². The number of azo groups is 1. The number of nitrogens with one attached hydrogen (secondary N) is 2. The van der Waals surface area contributed by atoms with E-state index in [1.807, 2.05) is 0 Å². The van der Waals surface area contributed by atoms with Gasteiger partial charge in [-0.15, -0.1) is 10.2 Å². The van der Waals surface area contributed by atoms with Crippen LogP contribution in [0.4, 0.5) is 39.0 Å². The van der Waals surface area contributed by atoms with Gasteiger partial charge in [-0.2, -0.15) is 44.6 Å². The lowest BCUT2D eigenvalue weighted by atomic mass is 10.1. The highest BCUT2D eigenvalue weighted by Crippen LogP contribution is 2.36. The number of nitrogens with zero attached hydrogens (tertiary/aromatic N) is 6. The molecule has 0 aliphatic rings. The average molecular weight is 746 g/mol. The summed E-state index contributed by atoms with van der Waals surface area (Å²) in [6.07, 6.45) is -1.44. The Bertz CT molecular complexity index is 2370. The number of nitrogens with two attached hydrogens (primary N) is 1. The lowest BCUT2D eigenvalue weighted by Gasteiger charge is -2.15. The van der Waals surface area contributed by atoms with E-state index < -0.39 is 91.5 Å². The van der Waals surface area contributed by atoms with Crippen molar-refractivity contribution >= 4 is 65.0 Å². The van der Waals surface area contributed by atoms with Crippen LogP contribution in [-0.2, 0) is 48.3 Å². The maximum atomic E-state index is 14.4. The van der Waals surface area contributed by atoms with Gasteiger partial charge in [0, 0.05) is 17.8 Å². The fourth-order valence-electron chi connectivity index (χ4n) is 4.20. The van der Waals surface area contributed by atoms with Crippen LogP contribution in [0.5, 0.6) is 5.88 Å². The van der Waals surface area contributed by atoms with E-state index in [4.69, 9.17) is 10.4 Å². The van der Waals surface area contributed by atoms with Crippen LogP contribution in [0.2, 0.25) is 0 Å². The quantitative estimate of drug-likeness (QED) is 0.0621. The van der Waals surface area contributed by atoms with Crippen LogP contribution in [0, 0.1) is 13.0 Å². The van der Waals surface area contributed by atoms with Gasteiger partial charge in [0.25, 0.3) is 35.9 Å². The van der Waals surface area contributed by atoms with Crippen molar-refractivity contribution in [3.05, 3.63) is 64.0 Å². The maximum Gasteiger partial charge on any atom is 0.315 e. The topological polar surface area (TPSA) is 328 Å². The summed E-state index contributed by atoms with van der Waals surface area (Å²) in [6, 6.07) is 5.26. The summed E-state index contributed by atoms with van der Waals surface area (Å²) in [4.78, 5) is 25.4. The smallest absolute Gasteiger partial charge is 0.315 e. The Morgan fingerprint density at radius 1 is 0.898 bits per heavy atom. The standard InChI is InChI=1S/C24H24FN9O12S3/c1-3-34-20(35)14(10-46-26)11(2)19(21(34)36)33-32-16-8-15(17(48(40,41)42)9-18(16)49(43,44)45)28-24-30-22(25)29-23(31-24)27-12-4-6-13(7-5-12)47(37,38)39/h4-9,35H,3,10,26H2,1-2H3,(H,37,38,39)(H,40,41,42)(H,43,44,45)(H2,27,28,29,30,31). The summed E-state index contributed by atoms with van der Waals surface area (Å²) in [6.45, 7) is 2.40. The first-order valence-electron chi connectivity index (χ1n) is 13.1. The minimum Gasteiger partial charge on any atom is -0.494 e. The van der Waals surface area contributed by atoms with Gasteiger partial charge in [-0.25, -0.2) is 5.90 Å². The molecular weight excluding hydrogens is 722 g/mol. The van der Waals surface area contributed by atoms with E-state index in [-0.39, 0.29) is 36.0 Å². The van der Waals surface area contributed by atoms with E-state index >= 15 is 0 Å². The third kappa shape index (κ3) is 8.35. The zero-order valence-electron chi connectivity index (χ0n) is 24.8. The molecule has 0 unspecified atom stereocenters. The Balaban J connectivity index is 1.85. The molecule has 0 aliphatic carbocycles. The summed E-state index contributed by atoms with van der Waals surface area (Å²) >= 11 is 0. The number of anilines is 4. The largest absolute Gasteiger partial charge is 0.494 e. The van der Waals surface area contributed by atoms with E-state index in [1.54, 1.807) is 0 Å². The fourth-order valence-corrected chi connectivity index (χ4v) is 6.04. The first-order valence-corrected chi connectivity index (χ1v) is 17.4. The molecule has 2 heterocycles. The van der Waals surface area contributed by atoms with E-state index in [2.05, 4.69) is 40.7 Å². The number of halogens is 1. The van der Waals surface area contributed by atoms with Crippen molar-refractivity contribution in [3.63, 3.8) is 0 Å². The Morgan fingerprint density at radius 2 is 1.49 bits per heavy atom. The normalized spacial score (nSPS) is 12.4. The highest BCUT2D eigenvalue weighted by atomic mass is 32.2. The summed E-state index contributed by atoms with van der Waals surface area (Å²) in [5, 5.41) is 22.7. The van der Waals surface area contributed by atoms with Crippen molar-refractivity contribution in [1.82, 2.24) is 19.5 Å². The molecule has 0 saturated carbocycles. The zero-order valence-corrected chi connectivity index (χ0v) is 27.2. The van der Waals surface area contributed by atoms with Crippen LogP contribution in [0.3, 0.4) is 0 Å². The maximum absolute atomic E-state index is 14.4. The summed E-state index contributed by atoms with van der Waals surface area (Å²) in [5.41, 5.74) is -2.75. The van der Waals surface area contributed by atoms with Gasteiger partial charge in [-0.05, 0) is 55.8 Å². The Kier molecular flexibility index (Phi) is 10.4. The second-order valence-corrected chi connectivity index (χ2v) is 13.8. The zero-order chi connectivity index (χ0) is 36.5. The summed E-state index contributed by atoms with van der Waals surface area (Å²) < 4.78 is 116. The molecule has 0 fully saturated rings. The fraction of sp³-hybridized carbons (Fsp3) is 0.167. The molecule has 0 spiro atoms. The van der Waals surface area contributed by atoms with Crippen molar-refractivity contribution in [1.29, 1.82) is 0 Å². The first-order chi connectivity index (χ1) is 22.7. The van der Waals surface area contributed by atoms with Crippen LogP contribution in [0.1, 0.15) is 18.1 Å². The SMILES string of the molecule is CCn1c(O)c(CON)c(C)c(N=Nc2cc(Nc3nc(F)nc(Nc4ccc(S(=O)(=O)O)cc4)n3)c(S(=O)(=O)O)cc2S(=O)(=O)O)c1=O. The number of hydrogen-bond donors (Lipinski definition) is 7. The number of hydrogen-bond acceptors (Lipinski definition) is 17. The molecule has 0 aliphatic heterocycles. The molecule has 25 heteroatoms. The van der Waals surface area contributed by atoms with Gasteiger partial charge in [-0.1, -0.05) is 0 Å². The molecule has 21 nitrogen and oxygen atoms in total. The van der Waals surface area contributed by atoms with E-state index in [0.29, 0.717) is 6.07 Å². The van der Waals surface area contributed by atoms with Crippen molar-refractivity contribution in [2.75, 3.05) is 10.6 Å². The van der Waals surface area contributed by atoms with Crippen LogP contribution in [-0.4, -0.2) is 63.5 Å². The molecule has 4 aromatic rings. The molecule has 0 amide bonds. The van der Waals surface area contributed by atoms with Gasteiger partial charge in [0.05, 0.1) is 17.2 Å². The minimum absolute atomic E-state index is 0.0102. The highest BCUT2D eigenvalue weighted by Gasteiger charge is 2.26. The van der Waals surface area contributed by atoms with Crippen LogP contribution in [0.15, 0.2) is 66.1 Å². The number of benzene rings is 2. The average Bonchev–Trinajstić information content (AvgIpc) is 2.98. The predicted molar refractivity (Wildman–Crippen MR) is 165 cm³/mol. The monoisotopic (exact) mass is 745 g/mol. The van der Waals surface area contributed by atoms with Gasteiger partial charge < -0.3 is 15.7 Å². The molecule has 2 aromatic carbocycles. The summed E-state index contributed by atoms with van der Waals surface area (Å²) in [5.74, 6) is 3.37. The molecule has 0 bridgehead atoms. The molecule has 49 heavy (non-hydrogen) atoms. The molecule has 0 radical (unpaired) electrons. The van der Waals surface area contributed by atoms with Crippen molar-refractivity contribution in [3.8, 4) is 5.88 Å². The number of pyridine rings is 1. The minimum atomic E-state index is -5.31. The third-order valence-corrected chi connectivity index (χ3v) is 9.11. The first kappa shape index (κ1) is 36.8. The number of aromatic nitrogens is 4. The second kappa shape index (κ2) is 13.8. The van der Waals surface area contributed by atoms with Crippen molar-refractivity contribution in [2.45, 2.75) is 41.7 Å². The van der Waals surface area contributed by atoms with E-state index in [1.165, 1.54) is 13.8 Å². The van der Waals surface area contributed by atoms with Gasteiger partial charge in [0.15, 0.2) is 11.6 Å². The van der Waals surface area contributed by atoms with Gasteiger partial charge in [-0.3, -0.25) is 27.9 Å².